The number of benzene rings is 2. The maximum atomic E-state index is 12.0. The monoisotopic (exact) mass is 374 g/mol. The zero-order chi connectivity index (χ0) is 18.9. The van der Waals surface area contributed by atoms with Crippen LogP contribution < -0.4 is 20.3 Å². The quantitative estimate of drug-likeness (QED) is 0.577. The molecular formula is C19H19ClN2O4. The van der Waals surface area contributed by atoms with Gasteiger partial charge in [0.05, 0.1) is 17.7 Å². The normalized spacial score (nSPS) is 9.92. The second-order valence-electron chi connectivity index (χ2n) is 5.25. The average Bonchev–Trinajstić information content (AvgIpc) is 2.65. The van der Waals surface area contributed by atoms with Crippen LogP contribution in [0.4, 0.5) is 0 Å². The van der Waals surface area contributed by atoms with Crippen LogP contribution in [-0.2, 0) is 11.2 Å². The molecular weight excluding hydrogens is 356 g/mol. The number of hydrogen-bond acceptors (Lipinski definition) is 4. The summed E-state index contributed by atoms with van der Waals surface area (Å²) in [5.74, 6) is -0.108. The third kappa shape index (κ3) is 5.26. The van der Waals surface area contributed by atoms with Gasteiger partial charge in [-0.15, -0.1) is 6.58 Å². The van der Waals surface area contributed by atoms with Gasteiger partial charge in [-0.25, -0.2) is 0 Å². The molecule has 0 saturated heterocycles. The van der Waals surface area contributed by atoms with Crippen molar-refractivity contribution in [1.29, 1.82) is 0 Å². The van der Waals surface area contributed by atoms with E-state index in [0.717, 1.165) is 5.56 Å². The zero-order valence-electron chi connectivity index (χ0n) is 14.3. The Hall–Kier alpha value is -2.99. The summed E-state index contributed by atoms with van der Waals surface area (Å²) in [6, 6.07) is 11.9. The standard InChI is InChI=1S/C19H19ClN2O4/c1-3-6-13-9-10-16(17(11-13)25-2)26-12-18(23)21-22-19(24)14-7-4-5-8-15(14)20/h3-5,7-11H,1,6,12H2,2H3,(H,21,23)(H,22,24). The minimum Gasteiger partial charge on any atom is -0.493 e. The summed E-state index contributed by atoms with van der Waals surface area (Å²) in [5.41, 5.74) is 5.83. The number of ether oxygens (including phenoxy) is 2. The summed E-state index contributed by atoms with van der Waals surface area (Å²) < 4.78 is 10.7. The molecule has 0 unspecified atom stereocenters. The minimum absolute atomic E-state index is 0.259. The number of nitrogens with one attached hydrogen (secondary N) is 2. The van der Waals surface area contributed by atoms with E-state index < -0.39 is 11.8 Å². The van der Waals surface area contributed by atoms with Crippen LogP contribution in [0.2, 0.25) is 5.02 Å². The van der Waals surface area contributed by atoms with Gasteiger partial charge in [-0.05, 0) is 36.2 Å². The van der Waals surface area contributed by atoms with Gasteiger partial charge in [-0.2, -0.15) is 0 Å². The lowest BCUT2D eigenvalue weighted by Gasteiger charge is -2.12. The molecule has 0 bridgehead atoms. The lowest BCUT2D eigenvalue weighted by molar-refractivity contribution is -0.123. The summed E-state index contributed by atoms with van der Waals surface area (Å²) in [7, 11) is 1.52. The van der Waals surface area contributed by atoms with E-state index in [2.05, 4.69) is 17.4 Å². The highest BCUT2D eigenvalue weighted by Crippen LogP contribution is 2.28. The molecule has 2 aromatic rings. The molecule has 7 heteroatoms. The fourth-order valence-corrected chi connectivity index (χ4v) is 2.36. The molecule has 2 rings (SSSR count). The predicted octanol–water partition coefficient (Wildman–Crippen LogP) is 2.92. The highest BCUT2D eigenvalue weighted by Gasteiger charge is 2.12. The Morgan fingerprint density at radius 1 is 1.15 bits per heavy atom. The van der Waals surface area contributed by atoms with Crippen LogP contribution in [0.5, 0.6) is 11.5 Å². The van der Waals surface area contributed by atoms with Gasteiger partial charge in [0, 0.05) is 0 Å². The van der Waals surface area contributed by atoms with E-state index in [4.69, 9.17) is 21.1 Å². The van der Waals surface area contributed by atoms with Gasteiger partial charge < -0.3 is 9.47 Å². The summed E-state index contributed by atoms with van der Waals surface area (Å²) in [4.78, 5) is 23.8. The molecule has 2 N–H and O–H groups in total. The van der Waals surface area contributed by atoms with Crippen molar-refractivity contribution in [3.8, 4) is 11.5 Å². The Morgan fingerprint density at radius 2 is 1.92 bits per heavy atom. The first kappa shape index (κ1) is 19.3. The van der Waals surface area contributed by atoms with Crippen molar-refractivity contribution in [2.45, 2.75) is 6.42 Å². The van der Waals surface area contributed by atoms with Crippen molar-refractivity contribution in [2.75, 3.05) is 13.7 Å². The number of amides is 2. The number of methoxy groups -OCH3 is 1. The van der Waals surface area contributed by atoms with Gasteiger partial charge in [-0.3, -0.25) is 20.4 Å². The topological polar surface area (TPSA) is 76.7 Å². The number of carbonyl (C=O) groups is 2. The van der Waals surface area contributed by atoms with Crippen LogP contribution in [-0.4, -0.2) is 25.5 Å². The third-order valence-electron chi connectivity index (χ3n) is 3.40. The van der Waals surface area contributed by atoms with Crippen molar-refractivity contribution in [3.63, 3.8) is 0 Å². The van der Waals surface area contributed by atoms with E-state index in [9.17, 15) is 9.59 Å². The highest BCUT2D eigenvalue weighted by atomic mass is 35.5. The molecule has 0 saturated carbocycles. The molecule has 6 nitrogen and oxygen atoms in total. The first-order chi connectivity index (χ1) is 12.5. The number of hydrazine groups is 1. The molecule has 0 radical (unpaired) electrons. The maximum absolute atomic E-state index is 12.0. The summed E-state index contributed by atoms with van der Waals surface area (Å²) >= 11 is 5.93. The minimum atomic E-state index is -0.525. The molecule has 2 amide bonds. The SMILES string of the molecule is C=CCc1ccc(OCC(=O)NNC(=O)c2ccccc2Cl)c(OC)c1. The molecule has 0 aliphatic carbocycles. The Morgan fingerprint density at radius 3 is 2.62 bits per heavy atom. The molecule has 0 heterocycles. The van der Waals surface area contributed by atoms with Crippen molar-refractivity contribution in [2.24, 2.45) is 0 Å². The molecule has 0 aliphatic heterocycles. The lowest BCUT2D eigenvalue weighted by Crippen LogP contribution is -2.43. The molecule has 2 aromatic carbocycles. The van der Waals surface area contributed by atoms with Gasteiger partial charge in [-0.1, -0.05) is 35.9 Å². The van der Waals surface area contributed by atoms with Gasteiger partial charge in [0.1, 0.15) is 0 Å². The van der Waals surface area contributed by atoms with Crippen LogP contribution in [0.3, 0.4) is 0 Å². The number of rotatable bonds is 7. The van der Waals surface area contributed by atoms with Crippen molar-refractivity contribution in [1.82, 2.24) is 10.9 Å². The van der Waals surface area contributed by atoms with E-state index in [-0.39, 0.29) is 12.2 Å². The van der Waals surface area contributed by atoms with Gasteiger partial charge in [0.2, 0.25) is 0 Å². The van der Waals surface area contributed by atoms with Crippen LogP contribution >= 0.6 is 11.6 Å². The van der Waals surface area contributed by atoms with Gasteiger partial charge >= 0.3 is 0 Å². The number of allylic oxidation sites excluding steroid dienone is 1. The second-order valence-corrected chi connectivity index (χ2v) is 5.66. The van der Waals surface area contributed by atoms with E-state index in [1.165, 1.54) is 7.11 Å². The number of halogens is 1. The fourth-order valence-electron chi connectivity index (χ4n) is 2.14. The Balaban J connectivity index is 1.88. The summed E-state index contributed by atoms with van der Waals surface area (Å²) in [5, 5.41) is 0.292. The molecule has 0 aliphatic rings. The number of carbonyl (C=O) groups excluding carboxylic acids is 2. The summed E-state index contributed by atoms with van der Waals surface area (Å²) in [6.45, 7) is 3.40. The third-order valence-corrected chi connectivity index (χ3v) is 3.73. The van der Waals surface area contributed by atoms with Crippen LogP contribution in [0.1, 0.15) is 15.9 Å². The molecule has 136 valence electrons. The van der Waals surface area contributed by atoms with Crippen molar-refractivity contribution < 1.29 is 19.1 Å². The molecule has 0 atom stereocenters. The maximum Gasteiger partial charge on any atom is 0.276 e. The highest BCUT2D eigenvalue weighted by molar-refractivity contribution is 6.33. The van der Waals surface area contributed by atoms with E-state index >= 15 is 0 Å². The molecule has 0 fully saturated rings. The van der Waals surface area contributed by atoms with Crippen molar-refractivity contribution in [3.05, 3.63) is 71.3 Å². The first-order valence-corrected chi connectivity index (χ1v) is 8.17. The molecule has 0 aromatic heterocycles. The fraction of sp³-hybridized carbons (Fsp3) is 0.158. The zero-order valence-corrected chi connectivity index (χ0v) is 15.0. The number of hydrogen-bond donors (Lipinski definition) is 2. The predicted molar refractivity (Wildman–Crippen MR) is 99.5 cm³/mol. The lowest BCUT2D eigenvalue weighted by atomic mass is 10.1. The van der Waals surface area contributed by atoms with Gasteiger partial charge in [0.25, 0.3) is 11.8 Å². The largest absolute Gasteiger partial charge is 0.493 e. The van der Waals surface area contributed by atoms with Crippen LogP contribution in [0.15, 0.2) is 55.1 Å². The Bertz CT molecular complexity index is 808. The van der Waals surface area contributed by atoms with Crippen LogP contribution in [0, 0.1) is 0 Å². The van der Waals surface area contributed by atoms with Crippen LogP contribution in [0.25, 0.3) is 0 Å². The smallest absolute Gasteiger partial charge is 0.276 e. The molecule has 26 heavy (non-hydrogen) atoms. The second kappa shape index (κ2) is 9.48. The van der Waals surface area contributed by atoms with E-state index in [1.807, 2.05) is 12.1 Å². The Kier molecular flexibility index (Phi) is 7.05. The summed E-state index contributed by atoms with van der Waals surface area (Å²) in [6.07, 6.45) is 2.48. The Labute approximate surface area is 156 Å². The van der Waals surface area contributed by atoms with E-state index in [1.54, 1.807) is 36.4 Å². The first-order valence-electron chi connectivity index (χ1n) is 7.79. The van der Waals surface area contributed by atoms with Crippen molar-refractivity contribution >= 4 is 23.4 Å². The van der Waals surface area contributed by atoms with E-state index in [0.29, 0.717) is 22.9 Å². The molecule has 0 spiro atoms. The van der Waals surface area contributed by atoms with Gasteiger partial charge in [0.15, 0.2) is 18.1 Å². The average molecular weight is 375 g/mol.